The summed E-state index contributed by atoms with van der Waals surface area (Å²) in [6.07, 6.45) is 1.95. The van der Waals surface area contributed by atoms with Gasteiger partial charge in [0.1, 0.15) is 17.3 Å². The van der Waals surface area contributed by atoms with E-state index >= 15 is 0 Å². The first-order valence-corrected chi connectivity index (χ1v) is 7.57. The standard InChI is InChI=1S/C9H10ClN5O2S/c10-7-3-8(15-9(14-7)11-5-12-15)13-6-1-2-18(16,17)4-6/h3,5-6,13H,1-2,4H2. The molecule has 2 aromatic heterocycles. The van der Waals surface area contributed by atoms with Gasteiger partial charge in [-0.15, -0.1) is 0 Å². The number of hydrogen-bond donors (Lipinski definition) is 1. The molecule has 1 aliphatic heterocycles. The molecule has 2 aromatic rings. The maximum atomic E-state index is 11.4. The van der Waals surface area contributed by atoms with E-state index in [4.69, 9.17) is 11.6 Å². The van der Waals surface area contributed by atoms with Crippen molar-refractivity contribution < 1.29 is 8.42 Å². The minimum absolute atomic E-state index is 0.124. The highest BCUT2D eigenvalue weighted by Crippen LogP contribution is 2.19. The first-order chi connectivity index (χ1) is 8.53. The smallest absolute Gasteiger partial charge is 0.255 e. The third-order valence-electron chi connectivity index (χ3n) is 2.81. The van der Waals surface area contributed by atoms with Gasteiger partial charge in [0.2, 0.25) is 0 Å². The van der Waals surface area contributed by atoms with Crippen molar-refractivity contribution >= 4 is 33.0 Å². The van der Waals surface area contributed by atoms with Crippen LogP contribution in [0.25, 0.3) is 5.78 Å². The molecule has 7 nitrogen and oxygen atoms in total. The van der Waals surface area contributed by atoms with Gasteiger partial charge in [-0.05, 0) is 6.42 Å². The van der Waals surface area contributed by atoms with Crippen molar-refractivity contribution in [1.82, 2.24) is 19.6 Å². The average Bonchev–Trinajstić information content (AvgIpc) is 2.84. The Morgan fingerprint density at radius 3 is 3.06 bits per heavy atom. The van der Waals surface area contributed by atoms with Gasteiger partial charge in [-0.1, -0.05) is 11.6 Å². The molecule has 1 aliphatic rings. The van der Waals surface area contributed by atoms with Crippen molar-refractivity contribution in [1.29, 1.82) is 0 Å². The van der Waals surface area contributed by atoms with Crippen LogP contribution in [0.3, 0.4) is 0 Å². The van der Waals surface area contributed by atoms with Gasteiger partial charge in [-0.3, -0.25) is 0 Å². The summed E-state index contributed by atoms with van der Waals surface area (Å²) in [5.41, 5.74) is 0. The summed E-state index contributed by atoms with van der Waals surface area (Å²) in [5, 5.41) is 7.42. The Labute approximate surface area is 108 Å². The Morgan fingerprint density at radius 2 is 2.33 bits per heavy atom. The SMILES string of the molecule is O=S1(=O)CCC(Nc2cc(Cl)nc3ncnn23)C1. The maximum absolute atomic E-state index is 11.4. The van der Waals surface area contributed by atoms with E-state index in [1.54, 1.807) is 6.07 Å². The number of sulfone groups is 1. The van der Waals surface area contributed by atoms with Gasteiger partial charge in [-0.25, -0.2) is 8.42 Å². The summed E-state index contributed by atoms with van der Waals surface area (Å²) in [6.45, 7) is 0. The molecule has 1 fully saturated rings. The molecular formula is C9H10ClN5O2S. The molecular weight excluding hydrogens is 278 g/mol. The lowest BCUT2D eigenvalue weighted by molar-refractivity contribution is 0.602. The first-order valence-electron chi connectivity index (χ1n) is 5.37. The van der Waals surface area contributed by atoms with Crippen molar-refractivity contribution in [2.45, 2.75) is 12.5 Å². The van der Waals surface area contributed by atoms with Crippen molar-refractivity contribution in [3.8, 4) is 0 Å². The van der Waals surface area contributed by atoms with Crippen LogP contribution in [0.5, 0.6) is 0 Å². The maximum Gasteiger partial charge on any atom is 0.255 e. The molecule has 1 unspecified atom stereocenters. The average molecular weight is 288 g/mol. The second kappa shape index (κ2) is 4.06. The summed E-state index contributed by atoms with van der Waals surface area (Å²) < 4.78 is 24.3. The molecule has 1 saturated heterocycles. The zero-order valence-corrected chi connectivity index (χ0v) is 10.8. The minimum Gasteiger partial charge on any atom is -0.366 e. The van der Waals surface area contributed by atoms with Gasteiger partial charge >= 0.3 is 0 Å². The van der Waals surface area contributed by atoms with Crippen molar-refractivity contribution in [3.63, 3.8) is 0 Å². The molecule has 0 aromatic carbocycles. The highest BCUT2D eigenvalue weighted by molar-refractivity contribution is 7.91. The highest BCUT2D eigenvalue weighted by atomic mass is 35.5. The van der Waals surface area contributed by atoms with Gasteiger partial charge in [0, 0.05) is 12.1 Å². The van der Waals surface area contributed by atoms with Crippen LogP contribution >= 0.6 is 11.6 Å². The van der Waals surface area contributed by atoms with Gasteiger partial charge in [0.05, 0.1) is 11.5 Å². The second-order valence-corrected chi connectivity index (χ2v) is 6.80. The monoisotopic (exact) mass is 287 g/mol. The zero-order chi connectivity index (χ0) is 12.8. The molecule has 0 spiro atoms. The summed E-state index contributed by atoms with van der Waals surface area (Å²) in [7, 11) is -2.92. The van der Waals surface area contributed by atoms with E-state index in [2.05, 4.69) is 20.4 Å². The highest BCUT2D eigenvalue weighted by Gasteiger charge is 2.28. The van der Waals surface area contributed by atoms with Crippen LogP contribution < -0.4 is 5.32 Å². The van der Waals surface area contributed by atoms with Gasteiger partial charge in [0.15, 0.2) is 9.84 Å². The van der Waals surface area contributed by atoms with Crippen molar-refractivity contribution in [3.05, 3.63) is 17.5 Å². The number of halogens is 1. The van der Waals surface area contributed by atoms with E-state index in [1.165, 1.54) is 10.8 Å². The minimum atomic E-state index is -2.92. The number of nitrogens with one attached hydrogen (secondary N) is 1. The molecule has 0 aliphatic carbocycles. The molecule has 9 heteroatoms. The largest absolute Gasteiger partial charge is 0.366 e. The van der Waals surface area contributed by atoms with Crippen LogP contribution in [0, 0.1) is 0 Å². The van der Waals surface area contributed by atoms with E-state index in [0.29, 0.717) is 23.2 Å². The predicted octanol–water partition coefficient (Wildman–Crippen LogP) is 0.377. The molecule has 0 radical (unpaired) electrons. The van der Waals surface area contributed by atoms with Crippen LogP contribution in [0.1, 0.15) is 6.42 Å². The van der Waals surface area contributed by atoms with E-state index in [-0.39, 0.29) is 17.5 Å². The van der Waals surface area contributed by atoms with Crippen LogP contribution in [-0.4, -0.2) is 45.5 Å². The van der Waals surface area contributed by atoms with Crippen molar-refractivity contribution in [2.75, 3.05) is 16.8 Å². The Bertz CT molecular complexity index is 698. The number of nitrogens with zero attached hydrogens (tertiary/aromatic N) is 4. The normalized spacial score (nSPS) is 22.4. The van der Waals surface area contributed by atoms with Crippen LogP contribution in [0.15, 0.2) is 12.4 Å². The molecule has 96 valence electrons. The summed E-state index contributed by atoms with van der Waals surface area (Å²) in [4.78, 5) is 7.94. The Balaban J connectivity index is 1.93. The van der Waals surface area contributed by atoms with Crippen molar-refractivity contribution in [2.24, 2.45) is 0 Å². The topological polar surface area (TPSA) is 89.2 Å². The van der Waals surface area contributed by atoms with Crippen LogP contribution in [0.2, 0.25) is 5.15 Å². The molecule has 1 atom stereocenters. The first kappa shape index (κ1) is 11.7. The zero-order valence-electron chi connectivity index (χ0n) is 9.24. The quantitative estimate of drug-likeness (QED) is 0.803. The number of anilines is 1. The summed E-state index contributed by atoms with van der Waals surface area (Å²) in [6, 6.07) is 1.48. The fraction of sp³-hybridized carbons (Fsp3) is 0.444. The van der Waals surface area contributed by atoms with Crippen LogP contribution in [0.4, 0.5) is 5.82 Å². The molecule has 18 heavy (non-hydrogen) atoms. The van der Waals surface area contributed by atoms with E-state index in [9.17, 15) is 8.42 Å². The third-order valence-corrected chi connectivity index (χ3v) is 4.77. The fourth-order valence-corrected chi connectivity index (χ4v) is 3.86. The lowest BCUT2D eigenvalue weighted by Crippen LogP contribution is -2.22. The molecule has 3 heterocycles. The Hall–Kier alpha value is -1.41. The molecule has 0 amide bonds. The lowest BCUT2D eigenvalue weighted by atomic mass is 10.2. The molecule has 0 saturated carbocycles. The second-order valence-electron chi connectivity index (χ2n) is 4.18. The van der Waals surface area contributed by atoms with Crippen LogP contribution in [-0.2, 0) is 9.84 Å². The fourth-order valence-electron chi connectivity index (χ4n) is 2.00. The third kappa shape index (κ3) is 2.13. The van der Waals surface area contributed by atoms with Gasteiger partial charge in [-0.2, -0.15) is 19.6 Å². The summed E-state index contributed by atoms with van der Waals surface area (Å²) in [5.74, 6) is 1.32. The number of fused-ring (bicyclic) bond motifs is 1. The molecule has 0 bridgehead atoms. The van der Waals surface area contributed by atoms with Gasteiger partial charge < -0.3 is 5.32 Å². The van der Waals surface area contributed by atoms with Gasteiger partial charge in [0.25, 0.3) is 5.78 Å². The number of hydrogen-bond acceptors (Lipinski definition) is 6. The molecule has 1 N–H and O–H groups in total. The Kier molecular flexibility index (Phi) is 2.63. The summed E-state index contributed by atoms with van der Waals surface area (Å²) >= 11 is 5.87. The van der Waals surface area contributed by atoms with E-state index in [0.717, 1.165) is 0 Å². The van der Waals surface area contributed by atoms with E-state index < -0.39 is 9.84 Å². The number of rotatable bonds is 2. The number of aromatic nitrogens is 4. The lowest BCUT2D eigenvalue weighted by Gasteiger charge is -2.12. The Morgan fingerprint density at radius 1 is 1.50 bits per heavy atom. The van der Waals surface area contributed by atoms with E-state index in [1.807, 2.05) is 0 Å². The predicted molar refractivity (Wildman–Crippen MR) is 66.5 cm³/mol. The molecule has 3 rings (SSSR count).